The van der Waals surface area contributed by atoms with Gasteiger partial charge in [-0.2, -0.15) is 9.98 Å². The predicted octanol–water partition coefficient (Wildman–Crippen LogP) is 2.73. The third-order valence-corrected chi connectivity index (χ3v) is 3.76. The first kappa shape index (κ1) is 16.3. The molecule has 1 aliphatic heterocycles. The summed E-state index contributed by atoms with van der Waals surface area (Å²) < 4.78 is 10.8. The van der Waals surface area contributed by atoms with Crippen LogP contribution in [-0.4, -0.2) is 19.7 Å². The summed E-state index contributed by atoms with van der Waals surface area (Å²) in [7, 11) is 1.56. The highest BCUT2D eigenvalue weighted by molar-refractivity contribution is 6.32. The molecule has 1 aliphatic rings. The molecule has 2 aromatic carbocycles. The molecule has 1 heterocycles. The second-order valence-electron chi connectivity index (χ2n) is 5.11. The zero-order chi connectivity index (χ0) is 17.1. The number of fused-ring (bicyclic) bond motifs is 1. The maximum Gasteiger partial charge on any atom is 0.368 e. The Labute approximate surface area is 143 Å². The van der Waals surface area contributed by atoms with Crippen molar-refractivity contribution in [3.63, 3.8) is 0 Å². The summed E-state index contributed by atoms with van der Waals surface area (Å²) in [6.45, 7) is 2.96. The summed E-state index contributed by atoms with van der Waals surface area (Å²) in [4.78, 5) is 18.8. The highest BCUT2D eigenvalue weighted by atomic mass is 35.5. The highest BCUT2D eigenvalue weighted by Crippen LogP contribution is 2.36. The lowest BCUT2D eigenvalue weighted by atomic mass is 10.2. The maximum absolute atomic E-state index is 11.2. The Morgan fingerprint density at radius 1 is 1.17 bits per heavy atom. The minimum atomic E-state index is -0.467. The van der Waals surface area contributed by atoms with Crippen molar-refractivity contribution in [1.29, 1.82) is 0 Å². The zero-order valence-electron chi connectivity index (χ0n) is 13.3. The summed E-state index contributed by atoms with van der Waals surface area (Å²) >= 11 is 6.25. The van der Waals surface area contributed by atoms with Crippen LogP contribution in [-0.2, 0) is 6.54 Å². The molecule has 0 radical (unpaired) electrons. The largest absolute Gasteiger partial charge is 0.491 e. The quantitative estimate of drug-likeness (QED) is 0.873. The van der Waals surface area contributed by atoms with Gasteiger partial charge < -0.3 is 14.8 Å². The maximum atomic E-state index is 11.2. The van der Waals surface area contributed by atoms with E-state index in [0.717, 1.165) is 11.3 Å². The van der Waals surface area contributed by atoms with Gasteiger partial charge in [-0.15, -0.1) is 0 Å². The van der Waals surface area contributed by atoms with Gasteiger partial charge in [0.25, 0.3) is 0 Å². The van der Waals surface area contributed by atoms with Gasteiger partial charge in [-0.25, -0.2) is 4.79 Å². The Bertz CT molecular complexity index is 912. The molecule has 0 saturated heterocycles. The molecule has 2 aromatic rings. The number of hydrogen-bond donors (Lipinski definition) is 1. The second-order valence-corrected chi connectivity index (χ2v) is 5.51. The molecule has 0 spiro atoms. The van der Waals surface area contributed by atoms with Crippen LogP contribution in [0.1, 0.15) is 12.5 Å². The number of nitrogens with one attached hydrogen (secondary N) is 1. The Morgan fingerprint density at radius 3 is 2.71 bits per heavy atom. The van der Waals surface area contributed by atoms with Crippen LogP contribution in [0.2, 0.25) is 5.02 Å². The van der Waals surface area contributed by atoms with E-state index in [1.165, 1.54) is 0 Å². The number of nitrogens with zero attached hydrogens (tertiary/aromatic N) is 2. The van der Waals surface area contributed by atoms with Gasteiger partial charge in [0.1, 0.15) is 0 Å². The van der Waals surface area contributed by atoms with E-state index in [-0.39, 0.29) is 0 Å². The average molecular weight is 346 g/mol. The SMILES string of the molecule is CCOc1cc(CNc2ccc3c(c2)=NC(=O)N=3)cc(Cl)c1OC. The van der Waals surface area contributed by atoms with E-state index in [2.05, 4.69) is 15.3 Å². The van der Waals surface area contributed by atoms with Crippen LogP contribution in [0.4, 0.5) is 10.5 Å². The first-order chi connectivity index (χ1) is 11.6. The molecule has 2 amide bonds. The van der Waals surface area contributed by atoms with Gasteiger partial charge in [-0.05, 0) is 42.8 Å². The van der Waals surface area contributed by atoms with Crippen molar-refractivity contribution in [2.75, 3.05) is 19.0 Å². The molecule has 124 valence electrons. The van der Waals surface area contributed by atoms with Crippen molar-refractivity contribution in [3.05, 3.63) is 51.6 Å². The molecule has 24 heavy (non-hydrogen) atoms. The molecule has 3 rings (SSSR count). The average Bonchev–Trinajstić information content (AvgIpc) is 2.92. The normalized spacial score (nSPS) is 12.2. The fourth-order valence-corrected chi connectivity index (χ4v) is 2.75. The number of rotatable bonds is 6. The van der Waals surface area contributed by atoms with Crippen molar-refractivity contribution in [3.8, 4) is 11.5 Å². The standard InChI is InChI=1S/C17H16ClN3O3/c1-3-24-15-7-10(6-12(18)16(15)23-2)9-19-11-4-5-13-14(8-11)21-17(22)20-13/h4-8,19H,3,9H2,1-2H3. The highest BCUT2D eigenvalue weighted by Gasteiger charge is 2.11. The van der Waals surface area contributed by atoms with Crippen molar-refractivity contribution in [1.82, 2.24) is 0 Å². The molecule has 7 heteroatoms. The van der Waals surface area contributed by atoms with E-state index < -0.39 is 6.03 Å². The van der Waals surface area contributed by atoms with E-state index in [1.54, 1.807) is 19.2 Å². The number of anilines is 1. The van der Waals surface area contributed by atoms with E-state index in [0.29, 0.717) is 40.4 Å². The molecule has 0 fully saturated rings. The van der Waals surface area contributed by atoms with Gasteiger partial charge >= 0.3 is 6.03 Å². The monoisotopic (exact) mass is 345 g/mol. The third kappa shape index (κ3) is 3.33. The molecule has 0 atom stereocenters. The van der Waals surface area contributed by atoms with Crippen molar-refractivity contribution >= 4 is 23.3 Å². The molecule has 0 bridgehead atoms. The van der Waals surface area contributed by atoms with Gasteiger partial charge in [0.2, 0.25) is 0 Å². The van der Waals surface area contributed by atoms with Gasteiger partial charge in [0, 0.05) is 12.2 Å². The number of benzene rings is 2. The van der Waals surface area contributed by atoms with Crippen LogP contribution in [0.3, 0.4) is 0 Å². The number of hydrogen-bond acceptors (Lipinski definition) is 4. The van der Waals surface area contributed by atoms with Gasteiger partial charge in [-0.1, -0.05) is 11.6 Å². The lowest BCUT2D eigenvalue weighted by Gasteiger charge is -2.14. The Kier molecular flexibility index (Phi) is 4.66. The molecular weight excluding hydrogens is 330 g/mol. The van der Waals surface area contributed by atoms with E-state index in [9.17, 15) is 4.79 Å². The number of methoxy groups -OCH3 is 1. The van der Waals surface area contributed by atoms with E-state index in [4.69, 9.17) is 21.1 Å². The van der Waals surface area contributed by atoms with E-state index >= 15 is 0 Å². The van der Waals surface area contributed by atoms with Crippen molar-refractivity contribution in [2.45, 2.75) is 13.5 Å². The Balaban J connectivity index is 1.80. The summed E-state index contributed by atoms with van der Waals surface area (Å²) in [5, 5.41) is 4.94. The van der Waals surface area contributed by atoms with Crippen LogP contribution in [0.5, 0.6) is 11.5 Å². The molecule has 1 N–H and O–H groups in total. The first-order valence-electron chi connectivity index (χ1n) is 7.45. The molecule has 0 aromatic heterocycles. The number of carbonyl (C=O) groups excluding carboxylic acids is 1. The fourth-order valence-electron chi connectivity index (χ4n) is 2.44. The molecule has 0 saturated carbocycles. The van der Waals surface area contributed by atoms with Crippen LogP contribution < -0.4 is 25.5 Å². The number of amides is 2. The fraction of sp³-hybridized carbons (Fsp3) is 0.235. The van der Waals surface area contributed by atoms with Crippen LogP contribution >= 0.6 is 11.6 Å². The van der Waals surface area contributed by atoms with Crippen molar-refractivity contribution < 1.29 is 14.3 Å². The second kappa shape index (κ2) is 6.88. The number of ether oxygens (including phenoxy) is 2. The summed E-state index contributed by atoms with van der Waals surface area (Å²) in [6.07, 6.45) is 0. The number of carbonyl (C=O) groups is 1. The Hall–Kier alpha value is -2.60. The number of urea groups is 1. The lowest BCUT2D eigenvalue weighted by molar-refractivity contribution is 0.256. The first-order valence-corrected chi connectivity index (χ1v) is 7.83. The number of halogens is 1. The smallest absolute Gasteiger partial charge is 0.368 e. The van der Waals surface area contributed by atoms with Gasteiger partial charge in [0.05, 0.1) is 29.5 Å². The predicted molar refractivity (Wildman–Crippen MR) is 90.6 cm³/mol. The Morgan fingerprint density at radius 2 is 1.96 bits per heavy atom. The molecular formula is C17H16ClN3O3. The topological polar surface area (TPSA) is 72.3 Å². The summed E-state index contributed by atoms with van der Waals surface area (Å²) in [5.74, 6) is 1.14. The van der Waals surface area contributed by atoms with Crippen LogP contribution in [0, 0.1) is 0 Å². The third-order valence-electron chi connectivity index (χ3n) is 3.48. The molecule has 0 aliphatic carbocycles. The van der Waals surface area contributed by atoms with E-state index in [1.807, 2.05) is 25.1 Å². The van der Waals surface area contributed by atoms with Gasteiger partial charge in [0.15, 0.2) is 11.5 Å². The minimum Gasteiger partial charge on any atom is -0.491 e. The molecule has 0 unspecified atom stereocenters. The summed E-state index contributed by atoms with van der Waals surface area (Å²) in [6, 6.07) is 8.65. The summed E-state index contributed by atoms with van der Waals surface area (Å²) in [5.41, 5.74) is 1.79. The van der Waals surface area contributed by atoms with Crippen molar-refractivity contribution in [2.24, 2.45) is 9.98 Å². The van der Waals surface area contributed by atoms with Gasteiger partial charge in [-0.3, -0.25) is 0 Å². The van der Waals surface area contributed by atoms with Crippen LogP contribution in [0.15, 0.2) is 40.3 Å². The lowest BCUT2D eigenvalue weighted by Crippen LogP contribution is -2.21. The van der Waals surface area contributed by atoms with Crippen LogP contribution in [0.25, 0.3) is 0 Å². The minimum absolute atomic E-state index is 0.467. The molecule has 6 nitrogen and oxygen atoms in total. The zero-order valence-corrected chi connectivity index (χ0v) is 14.1.